The molecule has 61 heavy (non-hydrogen) atoms. The van der Waals surface area contributed by atoms with E-state index in [-0.39, 0.29) is 31.1 Å². The van der Waals surface area contributed by atoms with Gasteiger partial charge in [-0.2, -0.15) is 0 Å². The van der Waals surface area contributed by atoms with Crippen LogP contribution < -0.4 is 0 Å². The second kappa shape index (κ2) is 49.0. The van der Waals surface area contributed by atoms with E-state index in [4.69, 9.17) is 14.2 Å². The van der Waals surface area contributed by atoms with Crippen LogP contribution in [0.3, 0.4) is 0 Å². The van der Waals surface area contributed by atoms with Gasteiger partial charge in [-0.3, -0.25) is 14.4 Å². The van der Waals surface area contributed by atoms with Crippen molar-refractivity contribution in [3.8, 4) is 0 Å². The predicted octanol–water partition coefficient (Wildman–Crippen LogP) is 16.2. The maximum atomic E-state index is 12.8. The molecule has 0 aromatic carbocycles. The van der Waals surface area contributed by atoms with Crippen molar-refractivity contribution in [3.63, 3.8) is 0 Å². The maximum Gasteiger partial charge on any atom is 0.306 e. The minimum atomic E-state index is -0.801. The molecule has 0 fully saturated rings. The zero-order valence-electron chi connectivity index (χ0n) is 39.4. The van der Waals surface area contributed by atoms with E-state index in [0.29, 0.717) is 19.3 Å². The molecule has 0 aromatic rings. The lowest BCUT2D eigenvalue weighted by atomic mass is 10.1. The van der Waals surface area contributed by atoms with E-state index in [1.165, 1.54) is 89.9 Å². The molecule has 0 saturated carbocycles. The molecule has 0 radical (unpaired) electrons. The Morgan fingerprint density at radius 3 is 1.07 bits per heavy atom. The van der Waals surface area contributed by atoms with Gasteiger partial charge in [-0.25, -0.2) is 0 Å². The SMILES string of the molecule is CC/C=C/C=C/C=C/C=C/CCCCCC(=O)OCC(COC(=O)CCCCCCCCC/C=C/C=C/C=C/CC)OC(=O)CCCCCCCCC/C=C/CCCCCC. The van der Waals surface area contributed by atoms with Gasteiger partial charge in [-0.1, -0.05) is 208 Å². The lowest BCUT2D eigenvalue weighted by Crippen LogP contribution is -2.30. The van der Waals surface area contributed by atoms with E-state index < -0.39 is 6.10 Å². The Balaban J connectivity index is 4.48. The average molecular weight is 847 g/mol. The van der Waals surface area contributed by atoms with Crippen LogP contribution in [-0.2, 0) is 28.6 Å². The van der Waals surface area contributed by atoms with Gasteiger partial charge in [0, 0.05) is 19.3 Å². The molecule has 6 heteroatoms. The lowest BCUT2D eigenvalue weighted by molar-refractivity contribution is -0.167. The Labute approximate surface area is 375 Å². The topological polar surface area (TPSA) is 78.9 Å². The first kappa shape index (κ1) is 57.3. The Hall–Kier alpha value is -3.67. The summed E-state index contributed by atoms with van der Waals surface area (Å²) in [5.41, 5.74) is 0. The average Bonchev–Trinajstić information content (AvgIpc) is 3.26. The van der Waals surface area contributed by atoms with E-state index in [9.17, 15) is 14.4 Å². The summed E-state index contributed by atoms with van der Waals surface area (Å²) in [5.74, 6) is -0.960. The monoisotopic (exact) mass is 847 g/mol. The molecule has 1 unspecified atom stereocenters. The molecule has 0 N–H and O–H groups in total. The molecule has 0 saturated heterocycles. The number of hydrogen-bond acceptors (Lipinski definition) is 6. The highest BCUT2D eigenvalue weighted by atomic mass is 16.6. The quantitative estimate of drug-likeness (QED) is 0.0200. The summed E-state index contributed by atoms with van der Waals surface area (Å²) in [6.45, 7) is 6.29. The molecule has 0 aromatic heterocycles. The molecule has 0 aliphatic carbocycles. The van der Waals surface area contributed by atoms with Gasteiger partial charge in [0.25, 0.3) is 0 Å². The normalized spacial score (nSPS) is 12.9. The first-order chi connectivity index (χ1) is 30.0. The summed E-state index contributed by atoms with van der Waals surface area (Å²) in [7, 11) is 0. The summed E-state index contributed by atoms with van der Waals surface area (Å²) >= 11 is 0. The molecule has 0 bridgehead atoms. The van der Waals surface area contributed by atoms with Gasteiger partial charge < -0.3 is 14.2 Å². The summed E-state index contributed by atoms with van der Waals surface area (Å²) in [4.78, 5) is 37.9. The van der Waals surface area contributed by atoms with Crippen LogP contribution in [0.5, 0.6) is 0 Å². The first-order valence-electron chi connectivity index (χ1n) is 24.8. The van der Waals surface area contributed by atoms with E-state index in [0.717, 1.165) is 83.5 Å². The van der Waals surface area contributed by atoms with Crippen molar-refractivity contribution in [1.29, 1.82) is 0 Å². The van der Waals surface area contributed by atoms with Gasteiger partial charge in [-0.05, 0) is 83.5 Å². The molecule has 0 spiro atoms. The zero-order chi connectivity index (χ0) is 44.4. The minimum absolute atomic E-state index is 0.0996. The van der Waals surface area contributed by atoms with Crippen molar-refractivity contribution in [2.24, 2.45) is 0 Å². The molecule has 0 rings (SSSR count). The van der Waals surface area contributed by atoms with Gasteiger partial charge in [0.2, 0.25) is 0 Å². The zero-order valence-corrected chi connectivity index (χ0v) is 39.4. The number of ether oxygens (including phenoxy) is 3. The molecule has 0 aliphatic rings. The second-order valence-corrected chi connectivity index (χ2v) is 16.1. The van der Waals surface area contributed by atoms with E-state index >= 15 is 0 Å². The van der Waals surface area contributed by atoms with Crippen molar-refractivity contribution in [3.05, 3.63) is 97.2 Å². The van der Waals surface area contributed by atoms with Crippen molar-refractivity contribution in [2.75, 3.05) is 13.2 Å². The number of rotatable bonds is 43. The summed E-state index contributed by atoms with van der Waals surface area (Å²) < 4.78 is 16.7. The predicted molar refractivity (Wildman–Crippen MR) is 260 cm³/mol. The standard InChI is InChI=1S/C55H90O6/c1-4-7-10-13-16-19-22-25-27-30-33-36-39-42-45-48-54(57)60-51-52(50-59-53(56)47-44-41-38-35-32-29-24-21-18-15-12-9-6-3)61-55(58)49-46-43-40-37-34-31-28-26-23-20-17-14-11-8-5-2/h7,9-10,12-13,15-16,18-24,29,32,52H,4-6,8,11,14,17,25-28,30-31,33-51H2,1-3H3/b10-7+,12-9+,16-13+,18-15+,22-19+,23-20+,24-21+,32-29+. The summed E-state index contributed by atoms with van der Waals surface area (Å²) in [6, 6.07) is 0. The Morgan fingerprint density at radius 2 is 0.656 bits per heavy atom. The Bertz CT molecular complexity index is 1250. The lowest BCUT2D eigenvalue weighted by Gasteiger charge is -2.18. The third kappa shape index (κ3) is 47.2. The van der Waals surface area contributed by atoms with Crippen LogP contribution >= 0.6 is 0 Å². The fraction of sp³-hybridized carbons (Fsp3) is 0.655. The third-order valence-corrected chi connectivity index (χ3v) is 10.2. The number of unbranched alkanes of at least 4 members (excludes halogenated alkanes) is 21. The number of carbonyl (C=O) groups is 3. The van der Waals surface area contributed by atoms with Crippen LogP contribution in [0.4, 0.5) is 0 Å². The molecule has 346 valence electrons. The maximum absolute atomic E-state index is 12.8. The summed E-state index contributed by atoms with van der Waals surface area (Å²) in [5, 5.41) is 0. The van der Waals surface area contributed by atoms with E-state index in [2.05, 4.69) is 81.5 Å². The fourth-order valence-electron chi connectivity index (χ4n) is 6.50. The second-order valence-electron chi connectivity index (χ2n) is 16.1. The van der Waals surface area contributed by atoms with Gasteiger partial charge >= 0.3 is 17.9 Å². The van der Waals surface area contributed by atoms with Gasteiger partial charge in [0.05, 0.1) is 0 Å². The first-order valence-corrected chi connectivity index (χ1v) is 24.8. The van der Waals surface area contributed by atoms with Gasteiger partial charge in [0.1, 0.15) is 13.2 Å². The van der Waals surface area contributed by atoms with Crippen molar-refractivity contribution in [2.45, 2.75) is 219 Å². The van der Waals surface area contributed by atoms with Gasteiger partial charge in [0.15, 0.2) is 6.10 Å². The van der Waals surface area contributed by atoms with Crippen molar-refractivity contribution >= 4 is 17.9 Å². The van der Waals surface area contributed by atoms with Crippen LogP contribution in [0.2, 0.25) is 0 Å². The highest BCUT2D eigenvalue weighted by Crippen LogP contribution is 2.14. The van der Waals surface area contributed by atoms with E-state index in [1.54, 1.807) is 0 Å². The van der Waals surface area contributed by atoms with Crippen LogP contribution in [0.15, 0.2) is 97.2 Å². The number of esters is 3. The molecule has 0 aliphatic heterocycles. The van der Waals surface area contributed by atoms with Crippen LogP contribution in [-0.4, -0.2) is 37.2 Å². The Kier molecular flexibility index (Phi) is 46.0. The molecular weight excluding hydrogens is 757 g/mol. The van der Waals surface area contributed by atoms with Crippen LogP contribution in [0.25, 0.3) is 0 Å². The number of hydrogen-bond donors (Lipinski definition) is 0. The van der Waals surface area contributed by atoms with Crippen LogP contribution in [0, 0.1) is 0 Å². The van der Waals surface area contributed by atoms with Crippen molar-refractivity contribution in [1.82, 2.24) is 0 Å². The summed E-state index contributed by atoms with van der Waals surface area (Å²) in [6.07, 6.45) is 63.9. The molecule has 1 atom stereocenters. The van der Waals surface area contributed by atoms with Crippen molar-refractivity contribution < 1.29 is 28.6 Å². The molecule has 6 nitrogen and oxygen atoms in total. The van der Waals surface area contributed by atoms with Crippen LogP contribution in [0.1, 0.15) is 213 Å². The number of allylic oxidation sites excluding steroid dienone is 16. The molecule has 0 heterocycles. The smallest absolute Gasteiger partial charge is 0.306 e. The van der Waals surface area contributed by atoms with E-state index in [1.807, 2.05) is 36.5 Å². The largest absolute Gasteiger partial charge is 0.462 e. The third-order valence-electron chi connectivity index (χ3n) is 10.2. The minimum Gasteiger partial charge on any atom is -0.462 e. The highest BCUT2D eigenvalue weighted by molar-refractivity contribution is 5.71. The molecular formula is C55H90O6. The number of carbonyl (C=O) groups excluding carboxylic acids is 3. The Morgan fingerprint density at radius 1 is 0.344 bits per heavy atom. The van der Waals surface area contributed by atoms with Gasteiger partial charge in [-0.15, -0.1) is 0 Å². The highest BCUT2D eigenvalue weighted by Gasteiger charge is 2.19. The fourth-order valence-corrected chi connectivity index (χ4v) is 6.50. The molecule has 0 amide bonds.